The van der Waals surface area contributed by atoms with Crippen molar-refractivity contribution in [3.8, 4) is 23.0 Å². The third-order valence-electron chi connectivity index (χ3n) is 4.07. The van der Waals surface area contributed by atoms with E-state index in [1.807, 2.05) is 0 Å². The molecule has 1 aliphatic rings. The number of nitrogens with two attached hydrogens (primary N) is 3. The van der Waals surface area contributed by atoms with Gasteiger partial charge in [-0.15, -0.1) is 4.91 Å². The third kappa shape index (κ3) is 1.84. The van der Waals surface area contributed by atoms with Crippen molar-refractivity contribution < 1.29 is 23.7 Å². The van der Waals surface area contributed by atoms with Crippen molar-refractivity contribution in [3.63, 3.8) is 0 Å². The fraction of sp³-hybridized carbons (Fsp3) is 0. The predicted octanol–water partition coefficient (Wildman–Crippen LogP) is 1.46. The summed E-state index contributed by atoms with van der Waals surface area (Å²) in [6.07, 6.45) is 0. The lowest BCUT2D eigenvalue weighted by Gasteiger charge is -2.23. The van der Waals surface area contributed by atoms with Gasteiger partial charge in [-0.3, -0.25) is 0 Å². The minimum Gasteiger partial charge on any atom is -0.453 e. The molecule has 0 spiro atoms. The van der Waals surface area contributed by atoms with Gasteiger partial charge in [-0.25, -0.2) is 4.79 Å². The molecule has 3 aromatic rings. The number of hydrogen-bond donors (Lipinski definition) is 3. The average Bonchev–Trinajstić information content (AvgIpc) is 2.65. The fourth-order valence-corrected chi connectivity index (χ4v) is 3.02. The summed E-state index contributed by atoms with van der Waals surface area (Å²) in [4.78, 5) is 37.8. The van der Waals surface area contributed by atoms with Gasteiger partial charge in [0.25, 0.3) is 0 Å². The Bertz CT molecular complexity index is 1180. The molecule has 4 rings (SSSR count). The van der Waals surface area contributed by atoms with Crippen molar-refractivity contribution in [2.24, 2.45) is 22.9 Å². The summed E-state index contributed by atoms with van der Waals surface area (Å²) in [7, 11) is 0. The maximum Gasteiger partial charge on any atom is 0.344 e. The molecule has 132 valence electrons. The lowest BCUT2D eigenvalue weighted by atomic mass is 9.97. The van der Waals surface area contributed by atoms with Crippen LogP contribution in [0.1, 0.15) is 5.56 Å². The second kappa shape index (κ2) is 5.42. The van der Waals surface area contributed by atoms with Crippen LogP contribution in [0.3, 0.4) is 0 Å². The van der Waals surface area contributed by atoms with Gasteiger partial charge >= 0.3 is 5.63 Å². The molecule has 1 aromatic heterocycles. The van der Waals surface area contributed by atoms with Crippen LogP contribution in [0.25, 0.3) is 27.5 Å². The Morgan fingerprint density at radius 3 is 2.38 bits per heavy atom. The highest BCUT2D eigenvalue weighted by molar-refractivity contribution is 6.17. The van der Waals surface area contributed by atoms with Crippen LogP contribution in [0.2, 0.25) is 0 Å². The van der Waals surface area contributed by atoms with Crippen LogP contribution >= 0.6 is 0 Å². The molecule has 0 fully saturated rings. The Kier molecular flexibility index (Phi) is 3.30. The van der Waals surface area contributed by atoms with Crippen molar-refractivity contribution in [3.05, 3.63) is 39.6 Å². The Labute approximate surface area is 143 Å². The van der Waals surface area contributed by atoms with Crippen molar-refractivity contribution >= 4 is 33.2 Å². The number of hydrogen-bond acceptors (Lipinski definition) is 11. The van der Waals surface area contributed by atoms with E-state index in [-0.39, 0.29) is 50.8 Å². The Morgan fingerprint density at radius 1 is 1.04 bits per heavy atom. The van der Waals surface area contributed by atoms with Crippen molar-refractivity contribution in [2.45, 2.75) is 0 Å². The molecule has 0 bridgehead atoms. The van der Waals surface area contributed by atoms with E-state index < -0.39 is 5.63 Å². The molecule has 0 saturated carbocycles. The summed E-state index contributed by atoms with van der Waals surface area (Å²) in [6, 6.07) is 2.63. The standard InChI is InChI=1S/C15H10N4O7/c1-4-5-3-8(24-16)12(26-18)14-9(5)10-6(15(20)23-14)2-7(19-21)11(25-17)13(10)22-4/h2-3H,1,16-18H2. The van der Waals surface area contributed by atoms with Crippen LogP contribution in [0, 0.1) is 4.91 Å². The largest absolute Gasteiger partial charge is 0.453 e. The Balaban J connectivity index is 2.36. The molecular weight excluding hydrogens is 348 g/mol. The number of rotatable bonds is 4. The lowest BCUT2D eigenvalue weighted by molar-refractivity contribution is 0.279. The minimum absolute atomic E-state index is 0.00724. The van der Waals surface area contributed by atoms with Gasteiger partial charge in [0.05, 0.1) is 5.39 Å². The van der Waals surface area contributed by atoms with E-state index in [0.29, 0.717) is 10.9 Å². The Hall–Kier alpha value is -3.67. The monoisotopic (exact) mass is 358 g/mol. The zero-order valence-corrected chi connectivity index (χ0v) is 12.9. The topological polar surface area (TPSA) is 175 Å². The maximum atomic E-state index is 12.5. The molecule has 0 atom stereocenters. The molecule has 1 aliphatic heterocycles. The van der Waals surface area contributed by atoms with E-state index in [1.165, 1.54) is 12.1 Å². The van der Waals surface area contributed by atoms with E-state index in [2.05, 4.69) is 11.8 Å². The van der Waals surface area contributed by atoms with E-state index >= 15 is 0 Å². The quantitative estimate of drug-likeness (QED) is 0.268. The van der Waals surface area contributed by atoms with E-state index in [1.54, 1.807) is 0 Å². The van der Waals surface area contributed by atoms with Crippen molar-refractivity contribution in [1.82, 2.24) is 0 Å². The maximum absolute atomic E-state index is 12.5. The van der Waals surface area contributed by atoms with Crippen LogP contribution < -0.4 is 42.6 Å². The zero-order chi connectivity index (χ0) is 18.6. The van der Waals surface area contributed by atoms with Crippen LogP contribution in [0.5, 0.6) is 23.0 Å². The predicted molar refractivity (Wildman–Crippen MR) is 89.6 cm³/mol. The molecular formula is C15H10N4O7. The first-order valence-electron chi connectivity index (χ1n) is 7.00. The Morgan fingerprint density at radius 2 is 1.77 bits per heavy atom. The van der Waals surface area contributed by atoms with Gasteiger partial charge in [0.1, 0.15) is 5.76 Å². The van der Waals surface area contributed by atoms with Crippen LogP contribution in [0.4, 0.5) is 5.69 Å². The lowest BCUT2D eigenvalue weighted by Crippen LogP contribution is -2.14. The molecule has 6 N–H and O–H groups in total. The third-order valence-corrected chi connectivity index (χ3v) is 4.07. The van der Waals surface area contributed by atoms with Crippen LogP contribution in [-0.4, -0.2) is 0 Å². The van der Waals surface area contributed by atoms with Gasteiger partial charge in [0, 0.05) is 16.3 Å². The first-order chi connectivity index (χ1) is 12.5. The molecule has 0 saturated heterocycles. The molecule has 26 heavy (non-hydrogen) atoms. The second-order valence-electron chi connectivity index (χ2n) is 5.29. The van der Waals surface area contributed by atoms with Gasteiger partial charge in [0.2, 0.25) is 11.5 Å². The second-order valence-corrected chi connectivity index (χ2v) is 5.29. The smallest absolute Gasteiger partial charge is 0.344 e. The number of nitrogens with zero attached hydrogens (tertiary/aromatic N) is 1. The van der Waals surface area contributed by atoms with E-state index in [9.17, 15) is 9.70 Å². The number of benzene rings is 2. The summed E-state index contributed by atoms with van der Waals surface area (Å²) in [6.45, 7) is 3.79. The first kappa shape index (κ1) is 15.8. The van der Waals surface area contributed by atoms with Gasteiger partial charge in [-0.1, -0.05) is 6.58 Å². The van der Waals surface area contributed by atoms with Crippen molar-refractivity contribution in [2.75, 3.05) is 0 Å². The highest BCUT2D eigenvalue weighted by Crippen LogP contribution is 2.52. The van der Waals surface area contributed by atoms with Gasteiger partial charge < -0.3 is 23.7 Å². The van der Waals surface area contributed by atoms with Gasteiger partial charge in [-0.05, 0) is 17.3 Å². The van der Waals surface area contributed by atoms with Gasteiger partial charge in [0.15, 0.2) is 22.8 Å². The summed E-state index contributed by atoms with van der Waals surface area (Å²) in [5, 5.41) is 3.44. The van der Waals surface area contributed by atoms with E-state index in [4.69, 9.17) is 41.4 Å². The van der Waals surface area contributed by atoms with Crippen LogP contribution in [0.15, 0.2) is 33.1 Å². The molecule has 2 aromatic carbocycles. The normalized spacial score (nSPS) is 12.3. The molecule has 0 amide bonds. The molecule has 11 heteroatoms. The molecule has 0 unspecified atom stereocenters. The highest BCUT2D eigenvalue weighted by Gasteiger charge is 2.31. The number of ether oxygens (including phenoxy) is 1. The van der Waals surface area contributed by atoms with Crippen molar-refractivity contribution in [1.29, 1.82) is 0 Å². The number of nitroso groups, excluding NO2 is 1. The SMILES string of the molecule is C=C1Oc2c(ON)c(N=O)cc3c(=O)oc4c(ON)c(ON)cc1c4c23. The molecule has 2 heterocycles. The molecule has 0 radical (unpaired) electrons. The molecule has 11 nitrogen and oxygen atoms in total. The summed E-state index contributed by atoms with van der Waals surface area (Å²) in [5.74, 6) is 15.6. The average molecular weight is 358 g/mol. The summed E-state index contributed by atoms with van der Waals surface area (Å²) >= 11 is 0. The minimum atomic E-state index is -0.809. The van der Waals surface area contributed by atoms with Gasteiger partial charge in [-0.2, -0.15) is 17.7 Å². The van der Waals surface area contributed by atoms with E-state index in [0.717, 1.165) is 0 Å². The highest BCUT2D eigenvalue weighted by atomic mass is 16.7. The summed E-state index contributed by atoms with van der Waals surface area (Å²) < 4.78 is 11.0. The van der Waals surface area contributed by atoms with Crippen LogP contribution in [-0.2, 0) is 0 Å². The molecule has 0 aliphatic carbocycles. The summed E-state index contributed by atoms with van der Waals surface area (Å²) in [5.41, 5.74) is -0.701. The fourth-order valence-electron chi connectivity index (χ4n) is 3.02. The zero-order valence-electron chi connectivity index (χ0n) is 12.9. The first-order valence-corrected chi connectivity index (χ1v) is 7.00.